The molecule has 4 nitrogen and oxygen atoms in total. The van der Waals surface area contributed by atoms with Crippen molar-refractivity contribution >= 4 is 16.5 Å². The largest absolute Gasteiger partial charge is 0.346 e. The van der Waals surface area contributed by atoms with Gasteiger partial charge < -0.3 is 10.6 Å². The van der Waals surface area contributed by atoms with Gasteiger partial charge in [0, 0.05) is 37.6 Å². The lowest BCUT2D eigenvalue weighted by atomic mass is 10.3. The summed E-state index contributed by atoms with van der Waals surface area (Å²) in [6.45, 7) is 10.8. The van der Waals surface area contributed by atoms with E-state index in [-0.39, 0.29) is 0 Å². The quantitative estimate of drug-likeness (QED) is 0.883. The van der Waals surface area contributed by atoms with Crippen LogP contribution in [0.25, 0.3) is 0 Å². The third-order valence-corrected chi connectivity index (χ3v) is 4.65. The zero-order chi connectivity index (χ0) is 13.0. The van der Waals surface area contributed by atoms with Gasteiger partial charge in [-0.1, -0.05) is 13.8 Å². The van der Waals surface area contributed by atoms with E-state index in [4.69, 9.17) is 10.7 Å². The lowest BCUT2D eigenvalue weighted by Crippen LogP contribution is -2.46. The van der Waals surface area contributed by atoms with Gasteiger partial charge >= 0.3 is 0 Å². The van der Waals surface area contributed by atoms with Crippen molar-refractivity contribution < 1.29 is 0 Å². The van der Waals surface area contributed by atoms with E-state index < -0.39 is 0 Å². The fourth-order valence-corrected chi connectivity index (χ4v) is 3.50. The third kappa shape index (κ3) is 3.02. The average molecular weight is 268 g/mol. The Kier molecular flexibility index (Phi) is 4.97. The number of piperazine rings is 1. The van der Waals surface area contributed by atoms with Crippen LogP contribution in [0.2, 0.25) is 0 Å². The van der Waals surface area contributed by atoms with Crippen LogP contribution in [0.15, 0.2) is 0 Å². The normalized spacial score (nSPS) is 17.4. The molecule has 0 aromatic carbocycles. The van der Waals surface area contributed by atoms with Gasteiger partial charge in [0.2, 0.25) is 0 Å². The highest BCUT2D eigenvalue weighted by molar-refractivity contribution is 7.15. The number of aryl methyl sites for hydroxylation is 1. The molecule has 102 valence electrons. The molecule has 0 aliphatic carbocycles. The number of hydrogen-bond donors (Lipinski definition) is 1. The van der Waals surface area contributed by atoms with Crippen molar-refractivity contribution in [3.05, 3.63) is 10.6 Å². The standard InChI is InChI=1S/C13H24N4S/c1-3-5-16-6-8-17(9-7-16)13-15-11(4-2)12(10-14)18-13/h3-10,14H2,1-2H3. The third-order valence-electron chi connectivity index (χ3n) is 3.47. The number of nitrogens with two attached hydrogens (primary N) is 1. The fraction of sp³-hybridized carbons (Fsp3) is 0.769. The molecule has 1 saturated heterocycles. The van der Waals surface area contributed by atoms with Crippen LogP contribution < -0.4 is 10.6 Å². The SMILES string of the molecule is CCCN1CCN(c2nc(CC)c(CN)s2)CC1. The topological polar surface area (TPSA) is 45.4 Å². The first-order valence-electron chi connectivity index (χ1n) is 6.94. The van der Waals surface area contributed by atoms with Crippen molar-refractivity contribution in [2.75, 3.05) is 37.6 Å². The van der Waals surface area contributed by atoms with Gasteiger partial charge in [0.1, 0.15) is 0 Å². The molecule has 0 atom stereocenters. The van der Waals surface area contributed by atoms with E-state index in [2.05, 4.69) is 23.6 Å². The van der Waals surface area contributed by atoms with Gasteiger partial charge in [0.25, 0.3) is 0 Å². The van der Waals surface area contributed by atoms with Crippen molar-refractivity contribution in [3.8, 4) is 0 Å². The molecule has 0 spiro atoms. The molecule has 2 heterocycles. The Morgan fingerprint density at radius 2 is 1.94 bits per heavy atom. The zero-order valence-electron chi connectivity index (χ0n) is 11.5. The van der Waals surface area contributed by atoms with Gasteiger partial charge in [-0.2, -0.15) is 0 Å². The van der Waals surface area contributed by atoms with E-state index in [1.165, 1.54) is 28.7 Å². The Bertz CT molecular complexity index is 348. The molecule has 1 aromatic rings. The maximum atomic E-state index is 5.77. The van der Waals surface area contributed by atoms with E-state index >= 15 is 0 Å². The highest BCUT2D eigenvalue weighted by Gasteiger charge is 2.20. The van der Waals surface area contributed by atoms with Crippen LogP contribution in [0.5, 0.6) is 0 Å². The van der Waals surface area contributed by atoms with Gasteiger partial charge in [-0.05, 0) is 19.4 Å². The van der Waals surface area contributed by atoms with Gasteiger partial charge in [-0.15, -0.1) is 11.3 Å². The Morgan fingerprint density at radius 1 is 1.22 bits per heavy atom. The highest BCUT2D eigenvalue weighted by Crippen LogP contribution is 2.27. The number of nitrogens with zero attached hydrogens (tertiary/aromatic N) is 3. The summed E-state index contributed by atoms with van der Waals surface area (Å²) in [6.07, 6.45) is 2.23. The molecule has 18 heavy (non-hydrogen) atoms. The first kappa shape index (κ1) is 13.8. The Morgan fingerprint density at radius 3 is 2.44 bits per heavy atom. The molecule has 1 aromatic heterocycles. The second-order valence-corrected chi connectivity index (χ2v) is 5.81. The van der Waals surface area contributed by atoms with Crippen LogP contribution in [0.4, 0.5) is 5.13 Å². The van der Waals surface area contributed by atoms with E-state index in [0.717, 1.165) is 32.6 Å². The molecule has 0 saturated carbocycles. The lowest BCUT2D eigenvalue weighted by Gasteiger charge is -2.34. The highest BCUT2D eigenvalue weighted by atomic mass is 32.1. The maximum Gasteiger partial charge on any atom is 0.185 e. The smallest absolute Gasteiger partial charge is 0.185 e. The summed E-state index contributed by atoms with van der Waals surface area (Å²) in [5, 5.41) is 1.17. The van der Waals surface area contributed by atoms with Gasteiger partial charge in [0.05, 0.1) is 5.69 Å². The summed E-state index contributed by atoms with van der Waals surface area (Å²) in [4.78, 5) is 10.9. The second-order valence-electron chi connectivity index (χ2n) is 4.75. The summed E-state index contributed by atoms with van der Waals surface area (Å²) < 4.78 is 0. The van der Waals surface area contributed by atoms with Gasteiger partial charge in [-0.25, -0.2) is 4.98 Å². The molecule has 2 rings (SSSR count). The molecule has 0 radical (unpaired) electrons. The first-order valence-corrected chi connectivity index (χ1v) is 7.76. The van der Waals surface area contributed by atoms with Crippen LogP contribution in [0.3, 0.4) is 0 Å². The van der Waals surface area contributed by atoms with Gasteiger partial charge in [-0.3, -0.25) is 4.90 Å². The fourth-order valence-electron chi connectivity index (χ4n) is 2.42. The van der Waals surface area contributed by atoms with Crippen LogP contribution in [0.1, 0.15) is 30.8 Å². The van der Waals surface area contributed by atoms with Crippen molar-refractivity contribution in [2.45, 2.75) is 33.2 Å². The minimum atomic E-state index is 0.622. The summed E-state index contributed by atoms with van der Waals surface area (Å²) in [5.41, 5.74) is 6.96. The number of thiazole rings is 1. The van der Waals surface area contributed by atoms with E-state index in [9.17, 15) is 0 Å². The van der Waals surface area contributed by atoms with Crippen LogP contribution >= 0.6 is 11.3 Å². The number of hydrogen-bond acceptors (Lipinski definition) is 5. The molecule has 2 N–H and O–H groups in total. The van der Waals surface area contributed by atoms with Crippen molar-refractivity contribution in [1.82, 2.24) is 9.88 Å². The molecular weight excluding hydrogens is 244 g/mol. The molecule has 0 amide bonds. The van der Waals surface area contributed by atoms with Crippen molar-refractivity contribution in [3.63, 3.8) is 0 Å². The predicted molar refractivity (Wildman–Crippen MR) is 78.3 cm³/mol. The van der Waals surface area contributed by atoms with Crippen LogP contribution in [-0.4, -0.2) is 42.6 Å². The molecule has 1 aliphatic heterocycles. The molecule has 1 aliphatic rings. The predicted octanol–water partition coefficient (Wildman–Crippen LogP) is 1.70. The number of aromatic nitrogens is 1. The van der Waals surface area contributed by atoms with E-state index in [0.29, 0.717) is 6.54 Å². The van der Waals surface area contributed by atoms with Crippen molar-refractivity contribution in [2.24, 2.45) is 5.73 Å². The molecular formula is C13H24N4S. The summed E-state index contributed by atoms with van der Waals surface area (Å²) in [7, 11) is 0. The maximum absolute atomic E-state index is 5.77. The Labute approximate surface area is 114 Å². The van der Waals surface area contributed by atoms with Crippen LogP contribution in [0, 0.1) is 0 Å². The van der Waals surface area contributed by atoms with Gasteiger partial charge in [0.15, 0.2) is 5.13 Å². The Balaban J connectivity index is 1.98. The van der Waals surface area contributed by atoms with Crippen molar-refractivity contribution in [1.29, 1.82) is 0 Å². The lowest BCUT2D eigenvalue weighted by molar-refractivity contribution is 0.258. The monoisotopic (exact) mass is 268 g/mol. The van der Waals surface area contributed by atoms with E-state index in [1.54, 1.807) is 11.3 Å². The zero-order valence-corrected chi connectivity index (χ0v) is 12.3. The molecule has 1 fully saturated rings. The minimum Gasteiger partial charge on any atom is -0.346 e. The number of anilines is 1. The molecule has 0 unspecified atom stereocenters. The molecule has 0 bridgehead atoms. The number of rotatable bonds is 5. The first-order chi connectivity index (χ1) is 8.78. The molecule has 5 heteroatoms. The summed E-state index contributed by atoms with van der Waals surface area (Å²) in [6, 6.07) is 0. The minimum absolute atomic E-state index is 0.622. The summed E-state index contributed by atoms with van der Waals surface area (Å²) in [5.74, 6) is 0. The second kappa shape index (κ2) is 6.50. The Hall–Kier alpha value is -0.650. The average Bonchev–Trinajstić information content (AvgIpc) is 2.83. The van der Waals surface area contributed by atoms with E-state index in [1.807, 2.05) is 0 Å². The van der Waals surface area contributed by atoms with Crippen LogP contribution in [-0.2, 0) is 13.0 Å². The summed E-state index contributed by atoms with van der Waals surface area (Å²) >= 11 is 1.78.